The Bertz CT molecular complexity index is 1530. The molecule has 1 amide bonds. The van der Waals surface area contributed by atoms with Gasteiger partial charge in [0.05, 0.1) is 31.6 Å². The van der Waals surface area contributed by atoms with Crippen LogP contribution >= 0.6 is 0 Å². The van der Waals surface area contributed by atoms with E-state index in [1.165, 1.54) is 23.1 Å². The van der Waals surface area contributed by atoms with E-state index in [4.69, 9.17) is 9.47 Å². The molecule has 0 aliphatic heterocycles. The van der Waals surface area contributed by atoms with E-state index in [0.29, 0.717) is 0 Å². The molecule has 2 N–H and O–H groups in total. The quantitative estimate of drug-likeness (QED) is 0.306. The summed E-state index contributed by atoms with van der Waals surface area (Å²) in [5.41, 5.74) is -0.559. The third kappa shape index (κ3) is 7.27. The summed E-state index contributed by atoms with van der Waals surface area (Å²) in [6, 6.07) is 3.83. The molecule has 0 fully saturated rings. The SMILES string of the molecule is Cn1nnc(-c2cnc(Oc3ccc(-c4nnn(CC(CC(=O)O)NC(=O)OC(C)(C)C)n4)c(F)c3)c(F)c2)n1. The van der Waals surface area contributed by atoms with Gasteiger partial charge in [-0.2, -0.15) is 9.59 Å². The molecule has 0 radical (unpaired) electrons. The van der Waals surface area contributed by atoms with Crippen molar-refractivity contribution in [1.82, 2.24) is 50.7 Å². The summed E-state index contributed by atoms with van der Waals surface area (Å²) in [6.45, 7) is 4.82. The molecule has 0 spiro atoms. The van der Waals surface area contributed by atoms with E-state index in [-0.39, 0.29) is 35.1 Å². The number of nitrogens with one attached hydrogen (secondary N) is 1. The minimum absolute atomic E-state index is 0.0477. The summed E-state index contributed by atoms with van der Waals surface area (Å²) in [5.74, 6) is -3.18. The van der Waals surface area contributed by atoms with Crippen LogP contribution in [0.5, 0.6) is 11.6 Å². The summed E-state index contributed by atoms with van der Waals surface area (Å²) in [5, 5.41) is 34.8. The van der Waals surface area contributed by atoms with Crippen LogP contribution in [-0.2, 0) is 23.1 Å². The lowest BCUT2D eigenvalue weighted by atomic mass is 10.2. The molecule has 15 nitrogen and oxygen atoms in total. The van der Waals surface area contributed by atoms with Gasteiger partial charge in [-0.05, 0) is 49.4 Å². The Hall–Kier alpha value is -5.09. The molecule has 17 heteroatoms. The van der Waals surface area contributed by atoms with Crippen molar-refractivity contribution in [2.75, 3.05) is 0 Å². The summed E-state index contributed by atoms with van der Waals surface area (Å²) in [7, 11) is 1.56. The number of aliphatic carboxylic acids is 1. The maximum atomic E-state index is 14.9. The number of aryl methyl sites for hydroxylation is 1. The molecule has 0 aliphatic rings. The average molecular weight is 559 g/mol. The van der Waals surface area contributed by atoms with Crippen LogP contribution in [0.4, 0.5) is 13.6 Å². The molecule has 1 atom stereocenters. The van der Waals surface area contributed by atoms with E-state index in [1.54, 1.807) is 27.8 Å². The lowest BCUT2D eigenvalue weighted by Crippen LogP contribution is -2.42. The molecule has 4 aromatic rings. The maximum Gasteiger partial charge on any atom is 0.407 e. The Labute approximate surface area is 225 Å². The number of carbonyl (C=O) groups is 2. The number of aromatic nitrogens is 9. The number of halogens is 2. The Kier molecular flexibility index (Phi) is 7.92. The molecule has 3 heterocycles. The van der Waals surface area contributed by atoms with Crippen molar-refractivity contribution in [2.45, 2.75) is 45.4 Å². The minimum Gasteiger partial charge on any atom is -0.481 e. The van der Waals surface area contributed by atoms with Crippen LogP contribution in [0.3, 0.4) is 0 Å². The van der Waals surface area contributed by atoms with Crippen LogP contribution < -0.4 is 10.1 Å². The molecular formula is C23H24F2N10O5. The van der Waals surface area contributed by atoms with E-state index in [0.717, 1.165) is 16.9 Å². The molecule has 4 rings (SSSR count). The molecular weight excluding hydrogens is 534 g/mol. The van der Waals surface area contributed by atoms with Crippen molar-refractivity contribution in [1.29, 1.82) is 0 Å². The van der Waals surface area contributed by atoms with E-state index in [9.17, 15) is 23.5 Å². The summed E-state index contributed by atoms with van der Waals surface area (Å²) in [4.78, 5) is 29.5. The first kappa shape index (κ1) is 27.9. The highest BCUT2D eigenvalue weighted by molar-refractivity contribution is 5.71. The number of amides is 1. The monoisotopic (exact) mass is 558 g/mol. The molecule has 3 aromatic heterocycles. The lowest BCUT2D eigenvalue weighted by Gasteiger charge is -2.22. The largest absolute Gasteiger partial charge is 0.481 e. The number of alkyl carbamates (subject to hydrolysis) is 1. The van der Waals surface area contributed by atoms with Crippen molar-refractivity contribution >= 4 is 12.1 Å². The first-order valence-corrected chi connectivity index (χ1v) is 11.7. The second-order valence-electron chi connectivity index (χ2n) is 9.47. The summed E-state index contributed by atoms with van der Waals surface area (Å²) < 4.78 is 40.0. The normalized spacial score (nSPS) is 12.2. The Morgan fingerprint density at radius 3 is 2.45 bits per heavy atom. The van der Waals surface area contributed by atoms with Gasteiger partial charge < -0.3 is 19.9 Å². The van der Waals surface area contributed by atoms with Crippen molar-refractivity contribution in [3.8, 4) is 34.4 Å². The zero-order chi connectivity index (χ0) is 29.0. The molecule has 1 unspecified atom stereocenters. The minimum atomic E-state index is -1.17. The molecule has 1 aromatic carbocycles. The lowest BCUT2D eigenvalue weighted by molar-refractivity contribution is -0.137. The predicted molar refractivity (Wildman–Crippen MR) is 131 cm³/mol. The second-order valence-corrected chi connectivity index (χ2v) is 9.47. The van der Waals surface area contributed by atoms with Gasteiger partial charge in [0.2, 0.25) is 11.6 Å². The van der Waals surface area contributed by atoms with Crippen LogP contribution in [0.25, 0.3) is 22.8 Å². The fourth-order valence-electron chi connectivity index (χ4n) is 3.35. The standard InChI is InChI=1S/C23H24F2N10O5/c1-23(2,3)40-22(38)27-13(8-18(36)37)11-35-31-20(29-33-35)15-6-5-14(9-16(15)24)39-21-17(25)7-12(10-26-21)19-28-32-34(4)30-19/h5-7,9-10,13H,8,11H2,1-4H3,(H,27,38)(H,36,37). The average Bonchev–Trinajstić information content (AvgIpc) is 3.48. The van der Waals surface area contributed by atoms with Crippen LogP contribution in [0.15, 0.2) is 30.5 Å². The number of ether oxygens (including phenoxy) is 2. The first-order chi connectivity index (χ1) is 18.9. The van der Waals surface area contributed by atoms with E-state index >= 15 is 0 Å². The van der Waals surface area contributed by atoms with Gasteiger partial charge >= 0.3 is 12.1 Å². The van der Waals surface area contributed by atoms with Gasteiger partial charge in [0.25, 0.3) is 5.88 Å². The van der Waals surface area contributed by atoms with Crippen LogP contribution in [0, 0.1) is 11.6 Å². The van der Waals surface area contributed by atoms with E-state index < -0.39 is 47.6 Å². The molecule has 0 aliphatic carbocycles. The zero-order valence-corrected chi connectivity index (χ0v) is 21.7. The third-order valence-electron chi connectivity index (χ3n) is 4.95. The smallest absolute Gasteiger partial charge is 0.407 e. The number of tetrazole rings is 2. The summed E-state index contributed by atoms with van der Waals surface area (Å²) in [6.07, 6.45) is 0.0290. The molecule has 210 valence electrons. The van der Waals surface area contributed by atoms with Gasteiger partial charge in [0.1, 0.15) is 17.2 Å². The fourth-order valence-corrected chi connectivity index (χ4v) is 3.35. The highest BCUT2D eigenvalue weighted by atomic mass is 19.1. The Balaban J connectivity index is 1.45. The van der Waals surface area contributed by atoms with Gasteiger partial charge in [-0.1, -0.05) is 0 Å². The predicted octanol–water partition coefficient (Wildman–Crippen LogP) is 2.36. The van der Waals surface area contributed by atoms with Gasteiger partial charge in [-0.15, -0.1) is 20.4 Å². The van der Waals surface area contributed by atoms with Gasteiger partial charge in [-0.3, -0.25) is 4.79 Å². The number of pyridine rings is 1. The molecule has 0 bridgehead atoms. The van der Waals surface area contributed by atoms with E-state index in [2.05, 4.69) is 41.1 Å². The van der Waals surface area contributed by atoms with E-state index in [1.807, 2.05) is 0 Å². The van der Waals surface area contributed by atoms with Crippen molar-refractivity contribution in [2.24, 2.45) is 7.05 Å². The highest BCUT2D eigenvalue weighted by Gasteiger charge is 2.23. The topological polar surface area (TPSA) is 185 Å². The van der Waals surface area contributed by atoms with Gasteiger partial charge in [0.15, 0.2) is 5.82 Å². The van der Waals surface area contributed by atoms with Crippen LogP contribution in [-0.4, -0.2) is 74.2 Å². The fraction of sp³-hybridized carbons (Fsp3) is 0.348. The second kappa shape index (κ2) is 11.3. The Morgan fingerprint density at radius 1 is 1.07 bits per heavy atom. The van der Waals surface area contributed by atoms with Crippen molar-refractivity contribution < 1.29 is 33.0 Å². The van der Waals surface area contributed by atoms with Gasteiger partial charge in [0, 0.05) is 17.8 Å². The number of rotatable bonds is 9. The maximum absolute atomic E-state index is 14.9. The highest BCUT2D eigenvalue weighted by Crippen LogP contribution is 2.28. The van der Waals surface area contributed by atoms with Crippen LogP contribution in [0.2, 0.25) is 0 Å². The number of carboxylic acids is 1. The Morgan fingerprint density at radius 2 is 1.82 bits per heavy atom. The zero-order valence-electron chi connectivity index (χ0n) is 21.7. The number of hydrogen-bond acceptors (Lipinski definition) is 11. The number of benzene rings is 1. The van der Waals surface area contributed by atoms with Crippen molar-refractivity contribution in [3.05, 3.63) is 42.1 Å². The third-order valence-corrected chi connectivity index (χ3v) is 4.95. The molecule has 0 saturated heterocycles. The summed E-state index contributed by atoms with van der Waals surface area (Å²) >= 11 is 0. The number of carboxylic acid groups (broad SMARTS) is 1. The number of carbonyl (C=O) groups excluding carboxylic acids is 1. The molecule has 40 heavy (non-hydrogen) atoms. The first-order valence-electron chi connectivity index (χ1n) is 11.7. The number of nitrogens with zero attached hydrogens (tertiary/aromatic N) is 9. The molecule has 0 saturated carbocycles. The van der Waals surface area contributed by atoms with Crippen LogP contribution in [0.1, 0.15) is 27.2 Å². The number of hydrogen-bond donors (Lipinski definition) is 2. The van der Waals surface area contributed by atoms with Gasteiger partial charge in [-0.25, -0.2) is 18.6 Å². The van der Waals surface area contributed by atoms with Crippen molar-refractivity contribution in [3.63, 3.8) is 0 Å².